The smallest absolute Gasteiger partial charge is 0.222 e. The minimum atomic E-state index is 0.277. The summed E-state index contributed by atoms with van der Waals surface area (Å²) in [5.41, 5.74) is 8.21. The number of unbranched alkanes of at least 4 members (excludes halogenated alkanes) is 3. The first-order valence-corrected chi connectivity index (χ1v) is 7.77. The number of hydrogen-bond donors (Lipinski definition) is 1. The van der Waals surface area contributed by atoms with E-state index in [2.05, 4.69) is 24.3 Å². The number of benzene rings is 1. The summed E-state index contributed by atoms with van der Waals surface area (Å²) in [6.07, 6.45) is 7.12. The van der Waals surface area contributed by atoms with Gasteiger partial charge in [-0.1, -0.05) is 37.1 Å². The summed E-state index contributed by atoms with van der Waals surface area (Å²) >= 11 is 0. The van der Waals surface area contributed by atoms with Crippen LogP contribution < -0.4 is 5.73 Å². The maximum atomic E-state index is 12.3. The minimum absolute atomic E-state index is 0.277. The van der Waals surface area contributed by atoms with E-state index < -0.39 is 0 Å². The summed E-state index contributed by atoms with van der Waals surface area (Å²) in [7, 11) is 1.95. The topological polar surface area (TPSA) is 46.3 Å². The number of nitrogens with zero attached hydrogens (tertiary/aromatic N) is 1. The van der Waals surface area contributed by atoms with Crippen LogP contribution in [0.4, 0.5) is 0 Å². The van der Waals surface area contributed by atoms with Gasteiger partial charge in [-0.2, -0.15) is 0 Å². The van der Waals surface area contributed by atoms with Gasteiger partial charge in [-0.3, -0.25) is 4.79 Å². The van der Waals surface area contributed by atoms with E-state index in [0.717, 1.165) is 45.1 Å². The molecule has 0 radical (unpaired) electrons. The fourth-order valence-electron chi connectivity index (χ4n) is 3.06. The summed E-state index contributed by atoms with van der Waals surface area (Å²) in [5, 5.41) is 0. The third-order valence-corrected chi connectivity index (χ3v) is 4.31. The molecule has 3 nitrogen and oxygen atoms in total. The van der Waals surface area contributed by atoms with Crippen LogP contribution in [-0.4, -0.2) is 24.4 Å². The average molecular weight is 274 g/mol. The molecule has 0 aromatic heterocycles. The largest absolute Gasteiger partial charge is 0.339 e. The van der Waals surface area contributed by atoms with E-state index in [-0.39, 0.29) is 11.9 Å². The predicted octanol–water partition coefficient (Wildman–Crippen LogP) is 3.04. The summed E-state index contributed by atoms with van der Waals surface area (Å²) < 4.78 is 0. The second kappa shape index (κ2) is 7.44. The molecule has 1 aliphatic carbocycles. The van der Waals surface area contributed by atoms with Gasteiger partial charge in [-0.05, 0) is 43.4 Å². The van der Waals surface area contributed by atoms with Gasteiger partial charge in [-0.25, -0.2) is 0 Å². The monoisotopic (exact) mass is 274 g/mol. The van der Waals surface area contributed by atoms with Crippen molar-refractivity contribution in [3.05, 3.63) is 35.4 Å². The lowest BCUT2D eigenvalue weighted by molar-refractivity contribution is -0.132. The first-order chi connectivity index (χ1) is 9.74. The van der Waals surface area contributed by atoms with Crippen molar-refractivity contribution in [2.45, 2.75) is 51.0 Å². The molecular weight excluding hydrogens is 248 g/mol. The van der Waals surface area contributed by atoms with Crippen LogP contribution in [0.25, 0.3) is 0 Å². The third kappa shape index (κ3) is 3.60. The molecule has 0 bridgehead atoms. The third-order valence-electron chi connectivity index (χ3n) is 4.31. The molecule has 0 heterocycles. The van der Waals surface area contributed by atoms with E-state index in [4.69, 9.17) is 5.73 Å². The minimum Gasteiger partial charge on any atom is -0.339 e. The Balaban J connectivity index is 1.82. The Morgan fingerprint density at radius 1 is 1.25 bits per heavy atom. The Hall–Kier alpha value is -1.35. The lowest BCUT2D eigenvalue weighted by Crippen LogP contribution is -2.29. The van der Waals surface area contributed by atoms with Crippen molar-refractivity contribution in [3.63, 3.8) is 0 Å². The molecule has 0 spiro atoms. The number of nitrogens with two attached hydrogens (primary N) is 1. The van der Waals surface area contributed by atoms with Crippen molar-refractivity contribution in [2.75, 3.05) is 13.6 Å². The quantitative estimate of drug-likeness (QED) is 0.777. The SMILES string of the molecule is CN(C(=O)CCCCCCN)C1CCc2ccccc21. The van der Waals surface area contributed by atoms with Crippen LogP contribution in [0.5, 0.6) is 0 Å². The Labute approximate surface area is 122 Å². The normalized spacial score (nSPS) is 17.0. The van der Waals surface area contributed by atoms with Crippen LogP contribution in [0.3, 0.4) is 0 Å². The fourth-order valence-corrected chi connectivity index (χ4v) is 3.06. The summed E-state index contributed by atoms with van der Waals surface area (Å²) in [5.74, 6) is 0.277. The van der Waals surface area contributed by atoms with Crippen molar-refractivity contribution in [2.24, 2.45) is 5.73 Å². The van der Waals surface area contributed by atoms with E-state index in [9.17, 15) is 4.79 Å². The molecule has 0 aliphatic heterocycles. The van der Waals surface area contributed by atoms with E-state index in [0.29, 0.717) is 6.42 Å². The second-order valence-electron chi connectivity index (χ2n) is 5.71. The highest BCUT2D eigenvalue weighted by Gasteiger charge is 2.27. The van der Waals surface area contributed by atoms with Crippen LogP contribution >= 0.6 is 0 Å². The molecule has 1 aromatic rings. The van der Waals surface area contributed by atoms with Gasteiger partial charge in [0.25, 0.3) is 0 Å². The molecule has 3 heteroatoms. The van der Waals surface area contributed by atoms with E-state index in [1.165, 1.54) is 11.1 Å². The molecule has 0 saturated carbocycles. The first-order valence-electron chi connectivity index (χ1n) is 7.77. The second-order valence-corrected chi connectivity index (χ2v) is 5.71. The zero-order valence-corrected chi connectivity index (χ0v) is 12.5. The number of carbonyl (C=O) groups excluding carboxylic acids is 1. The molecule has 20 heavy (non-hydrogen) atoms. The fraction of sp³-hybridized carbons (Fsp3) is 0.588. The maximum Gasteiger partial charge on any atom is 0.222 e. The molecule has 110 valence electrons. The van der Waals surface area contributed by atoms with Crippen LogP contribution in [0, 0.1) is 0 Å². The van der Waals surface area contributed by atoms with E-state index in [1.807, 2.05) is 11.9 Å². The van der Waals surface area contributed by atoms with Crippen molar-refractivity contribution < 1.29 is 4.79 Å². The van der Waals surface area contributed by atoms with Gasteiger partial charge in [0.05, 0.1) is 6.04 Å². The lowest BCUT2D eigenvalue weighted by atomic mass is 10.1. The molecule has 1 atom stereocenters. The Morgan fingerprint density at radius 2 is 2.00 bits per heavy atom. The van der Waals surface area contributed by atoms with Crippen LogP contribution in [0.2, 0.25) is 0 Å². The van der Waals surface area contributed by atoms with Crippen LogP contribution in [0.15, 0.2) is 24.3 Å². The molecule has 1 amide bonds. The van der Waals surface area contributed by atoms with Crippen molar-refractivity contribution >= 4 is 5.91 Å². The summed E-state index contributed by atoms with van der Waals surface area (Å²) in [6.45, 7) is 0.757. The number of amides is 1. The van der Waals surface area contributed by atoms with Gasteiger partial charge in [0, 0.05) is 13.5 Å². The molecule has 2 rings (SSSR count). The number of carbonyl (C=O) groups is 1. The molecule has 1 aromatic carbocycles. The van der Waals surface area contributed by atoms with Crippen LogP contribution in [-0.2, 0) is 11.2 Å². The number of fused-ring (bicyclic) bond motifs is 1. The van der Waals surface area contributed by atoms with Gasteiger partial charge in [0.1, 0.15) is 0 Å². The van der Waals surface area contributed by atoms with Crippen LogP contribution in [0.1, 0.15) is 55.7 Å². The highest BCUT2D eigenvalue weighted by molar-refractivity contribution is 5.76. The van der Waals surface area contributed by atoms with E-state index in [1.54, 1.807) is 0 Å². The number of aryl methyl sites for hydroxylation is 1. The van der Waals surface area contributed by atoms with Crippen molar-refractivity contribution in [1.82, 2.24) is 4.90 Å². The number of rotatable bonds is 7. The standard InChI is InChI=1S/C17H26N2O/c1-19(17(20)10-4-2-3-7-13-18)16-12-11-14-8-5-6-9-15(14)16/h5-6,8-9,16H,2-4,7,10-13,18H2,1H3. The highest BCUT2D eigenvalue weighted by atomic mass is 16.2. The predicted molar refractivity (Wildman–Crippen MR) is 82.4 cm³/mol. The zero-order valence-electron chi connectivity index (χ0n) is 12.5. The molecule has 2 N–H and O–H groups in total. The first kappa shape index (κ1) is 15.0. The maximum absolute atomic E-state index is 12.3. The summed E-state index contributed by atoms with van der Waals surface area (Å²) in [6, 6.07) is 8.78. The Kier molecular flexibility index (Phi) is 5.60. The van der Waals surface area contributed by atoms with Gasteiger partial charge >= 0.3 is 0 Å². The van der Waals surface area contributed by atoms with Crippen molar-refractivity contribution in [3.8, 4) is 0 Å². The Bertz CT molecular complexity index is 444. The summed E-state index contributed by atoms with van der Waals surface area (Å²) in [4.78, 5) is 14.2. The Morgan fingerprint density at radius 3 is 2.80 bits per heavy atom. The van der Waals surface area contributed by atoms with Gasteiger partial charge in [0.2, 0.25) is 5.91 Å². The lowest BCUT2D eigenvalue weighted by Gasteiger charge is -2.25. The molecule has 1 unspecified atom stereocenters. The average Bonchev–Trinajstić information content (AvgIpc) is 2.90. The van der Waals surface area contributed by atoms with Gasteiger partial charge < -0.3 is 10.6 Å². The highest BCUT2D eigenvalue weighted by Crippen LogP contribution is 2.35. The molecule has 1 aliphatic rings. The number of hydrogen-bond acceptors (Lipinski definition) is 2. The zero-order chi connectivity index (χ0) is 14.4. The molecule has 0 fully saturated rings. The van der Waals surface area contributed by atoms with Gasteiger partial charge in [0.15, 0.2) is 0 Å². The van der Waals surface area contributed by atoms with Gasteiger partial charge in [-0.15, -0.1) is 0 Å². The van der Waals surface area contributed by atoms with E-state index >= 15 is 0 Å². The molecular formula is C17H26N2O. The molecule has 0 saturated heterocycles. The van der Waals surface area contributed by atoms with Crippen molar-refractivity contribution in [1.29, 1.82) is 0 Å².